The van der Waals surface area contributed by atoms with Crippen molar-refractivity contribution in [1.82, 2.24) is 4.40 Å². The van der Waals surface area contributed by atoms with Gasteiger partial charge in [-0.2, -0.15) is 8.96 Å². The van der Waals surface area contributed by atoms with Crippen LogP contribution in [0, 0.1) is 32.0 Å². The SMILES string of the molecule is Cc1cc(C)c2c(c1C)c1c3c(ccc4c5cc(CC(C)(C)C)ccc5n2c43)c(F)c[n+]1C. The molecule has 0 saturated carbocycles. The molecule has 2 nitrogen and oxygen atoms in total. The second-order valence-corrected chi connectivity index (χ2v) is 11.1. The molecule has 0 amide bonds. The van der Waals surface area contributed by atoms with Crippen molar-refractivity contribution in [2.75, 3.05) is 0 Å². The van der Waals surface area contributed by atoms with E-state index in [-0.39, 0.29) is 11.2 Å². The molecule has 0 atom stereocenters. The van der Waals surface area contributed by atoms with Gasteiger partial charge in [0.05, 0.1) is 27.3 Å². The molecule has 0 aliphatic heterocycles. The summed E-state index contributed by atoms with van der Waals surface area (Å²) in [5.74, 6) is -0.172. The van der Waals surface area contributed by atoms with Gasteiger partial charge in [-0.3, -0.25) is 0 Å². The molecular weight excluding hydrogens is 407 g/mol. The maximum absolute atomic E-state index is 15.2. The second kappa shape index (κ2) is 6.44. The lowest BCUT2D eigenvalue weighted by Gasteiger charge is -2.18. The zero-order valence-electron chi connectivity index (χ0n) is 20.5. The molecule has 0 aliphatic carbocycles. The van der Waals surface area contributed by atoms with Gasteiger partial charge >= 0.3 is 0 Å². The van der Waals surface area contributed by atoms with Crippen molar-refractivity contribution in [3.63, 3.8) is 0 Å². The van der Waals surface area contributed by atoms with Crippen molar-refractivity contribution in [3.05, 3.63) is 70.7 Å². The van der Waals surface area contributed by atoms with E-state index in [4.69, 9.17) is 0 Å². The highest BCUT2D eigenvalue weighted by molar-refractivity contribution is 6.27. The van der Waals surface area contributed by atoms with Crippen molar-refractivity contribution in [2.45, 2.75) is 48.0 Å². The highest BCUT2D eigenvalue weighted by atomic mass is 19.1. The Labute approximate surface area is 193 Å². The van der Waals surface area contributed by atoms with Gasteiger partial charge in [0.2, 0.25) is 11.7 Å². The number of nitrogens with zero attached hydrogens (tertiary/aromatic N) is 2. The second-order valence-electron chi connectivity index (χ2n) is 11.1. The molecule has 3 aromatic carbocycles. The third kappa shape index (κ3) is 2.68. The van der Waals surface area contributed by atoms with Crippen molar-refractivity contribution in [3.8, 4) is 0 Å². The van der Waals surface area contributed by atoms with E-state index in [2.05, 4.69) is 76.3 Å². The van der Waals surface area contributed by atoms with Crippen molar-refractivity contribution in [2.24, 2.45) is 12.5 Å². The molecule has 0 unspecified atom stereocenters. The summed E-state index contributed by atoms with van der Waals surface area (Å²) in [7, 11) is 1.97. The molecule has 6 rings (SSSR count). The van der Waals surface area contributed by atoms with E-state index in [9.17, 15) is 0 Å². The fraction of sp³-hybridized carbons (Fsp3) is 0.300. The molecule has 0 spiro atoms. The van der Waals surface area contributed by atoms with Crippen LogP contribution in [0.4, 0.5) is 4.39 Å². The van der Waals surface area contributed by atoms with Gasteiger partial charge in [0.1, 0.15) is 7.05 Å². The minimum Gasteiger partial charge on any atom is -0.307 e. The third-order valence-electron chi connectivity index (χ3n) is 7.35. The summed E-state index contributed by atoms with van der Waals surface area (Å²) < 4.78 is 19.6. The average Bonchev–Trinajstić information content (AvgIpc) is 3.05. The first-order valence-corrected chi connectivity index (χ1v) is 11.8. The van der Waals surface area contributed by atoms with Gasteiger partial charge in [0, 0.05) is 16.2 Å². The minimum atomic E-state index is -0.172. The summed E-state index contributed by atoms with van der Waals surface area (Å²) in [5.41, 5.74) is 9.99. The van der Waals surface area contributed by atoms with Gasteiger partial charge in [-0.05, 0) is 67.0 Å². The lowest BCUT2D eigenvalue weighted by molar-refractivity contribution is -0.645. The molecule has 0 bridgehead atoms. The molecule has 3 aromatic heterocycles. The number of aryl methyl sites for hydroxylation is 4. The predicted molar refractivity (Wildman–Crippen MR) is 137 cm³/mol. The van der Waals surface area contributed by atoms with Crippen LogP contribution in [0.5, 0.6) is 0 Å². The molecule has 3 heteroatoms. The maximum Gasteiger partial charge on any atom is 0.224 e. The van der Waals surface area contributed by atoms with Crippen LogP contribution in [0.2, 0.25) is 0 Å². The van der Waals surface area contributed by atoms with E-state index in [1.165, 1.54) is 49.4 Å². The number of rotatable bonds is 1. The molecule has 0 N–H and O–H groups in total. The van der Waals surface area contributed by atoms with Crippen LogP contribution in [0.15, 0.2) is 42.6 Å². The minimum absolute atomic E-state index is 0.172. The standard InChI is InChI=1S/C30H30FN2/c1-16-12-17(2)27-25(18(16)3)29-26-21(23(31)15-32(29)7)10-9-20-22-13-19(14-30(4,5)6)8-11-24(22)33(27)28(20)26/h8-13,15H,14H2,1-7H3/q+1. The number of halogens is 1. The smallest absolute Gasteiger partial charge is 0.224 e. The Morgan fingerprint density at radius 2 is 1.58 bits per heavy atom. The summed E-state index contributed by atoms with van der Waals surface area (Å²) in [6, 6.07) is 13.3. The summed E-state index contributed by atoms with van der Waals surface area (Å²) in [6.07, 6.45) is 2.65. The monoisotopic (exact) mass is 437 g/mol. The quantitative estimate of drug-likeness (QED) is 0.143. The van der Waals surface area contributed by atoms with E-state index in [0.29, 0.717) is 5.39 Å². The number of hydrogen-bond donors (Lipinski definition) is 0. The zero-order chi connectivity index (χ0) is 23.4. The first-order chi connectivity index (χ1) is 15.6. The Hall–Kier alpha value is -3.20. The van der Waals surface area contributed by atoms with E-state index in [1.807, 2.05) is 17.7 Å². The molecule has 0 aliphatic rings. The van der Waals surface area contributed by atoms with Gasteiger partial charge in [0.15, 0.2) is 5.82 Å². The number of pyridine rings is 2. The maximum atomic E-state index is 15.2. The average molecular weight is 438 g/mol. The van der Waals surface area contributed by atoms with Crippen molar-refractivity contribution >= 4 is 49.0 Å². The first-order valence-electron chi connectivity index (χ1n) is 11.8. The van der Waals surface area contributed by atoms with Crippen LogP contribution in [0.25, 0.3) is 49.0 Å². The Bertz CT molecular complexity index is 1760. The Balaban J connectivity index is 1.96. The highest BCUT2D eigenvalue weighted by Crippen LogP contribution is 2.43. The molecule has 3 heterocycles. The van der Waals surface area contributed by atoms with Crippen LogP contribution in [0.1, 0.15) is 43.0 Å². The largest absolute Gasteiger partial charge is 0.307 e. The topological polar surface area (TPSA) is 8.29 Å². The number of aromatic nitrogens is 2. The molecule has 0 radical (unpaired) electrons. The molecule has 0 saturated heterocycles. The van der Waals surface area contributed by atoms with Crippen LogP contribution < -0.4 is 4.57 Å². The van der Waals surface area contributed by atoms with Gasteiger partial charge in [0.25, 0.3) is 0 Å². The number of hydrogen-bond acceptors (Lipinski definition) is 0. The molecule has 166 valence electrons. The van der Waals surface area contributed by atoms with Gasteiger partial charge in [-0.25, -0.2) is 0 Å². The highest BCUT2D eigenvalue weighted by Gasteiger charge is 2.27. The van der Waals surface area contributed by atoms with E-state index in [0.717, 1.165) is 22.8 Å². The van der Waals surface area contributed by atoms with Crippen molar-refractivity contribution in [1.29, 1.82) is 0 Å². The zero-order valence-corrected chi connectivity index (χ0v) is 20.5. The normalized spacial score (nSPS) is 13.0. The number of benzene rings is 3. The third-order valence-corrected chi connectivity index (χ3v) is 7.35. The molecular formula is C30H30FN2+. The van der Waals surface area contributed by atoms with Crippen LogP contribution in [0.3, 0.4) is 0 Å². The van der Waals surface area contributed by atoms with Crippen LogP contribution in [-0.4, -0.2) is 4.40 Å². The van der Waals surface area contributed by atoms with E-state index in [1.54, 1.807) is 6.20 Å². The van der Waals surface area contributed by atoms with Gasteiger partial charge in [-0.1, -0.05) is 45.0 Å². The van der Waals surface area contributed by atoms with Crippen molar-refractivity contribution < 1.29 is 8.96 Å². The summed E-state index contributed by atoms with van der Waals surface area (Å²) in [5, 5.41) is 5.37. The molecule has 0 fully saturated rings. The van der Waals surface area contributed by atoms with E-state index >= 15 is 4.39 Å². The van der Waals surface area contributed by atoms with Crippen LogP contribution in [-0.2, 0) is 13.5 Å². The Morgan fingerprint density at radius 1 is 0.848 bits per heavy atom. The number of fused-ring (bicyclic) bond motifs is 6. The Morgan fingerprint density at radius 3 is 2.30 bits per heavy atom. The fourth-order valence-electron chi connectivity index (χ4n) is 5.98. The lowest BCUT2D eigenvalue weighted by Crippen LogP contribution is -2.30. The Kier molecular flexibility index (Phi) is 3.98. The summed E-state index contributed by atoms with van der Waals surface area (Å²) in [4.78, 5) is 0. The van der Waals surface area contributed by atoms with Gasteiger partial charge < -0.3 is 4.40 Å². The first kappa shape index (κ1) is 20.4. The molecule has 33 heavy (non-hydrogen) atoms. The summed E-state index contributed by atoms with van der Waals surface area (Å²) >= 11 is 0. The predicted octanol–water partition coefficient (Wildman–Crippen LogP) is 7.47. The molecule has 6 aromatic rings. The van der Waals surface area contributed by atoms with Gasteiger partial charge in [-0.15, -0.1) is 0 Å². The summed E-state index contributed by atoms with van der Waals surface area (Å²) in [6.45, 7) is 13.4. The lowest BCUT2D eigenvalue weighted by atomic mass is 9.88. The fourth-order valence-corrected chi connectivity index (χ4v) is 5.98. The van der Waals surface area contributed by atoms with E-state index < -0.39 is 0 Å². The van der Waals surface area contributed by atoms with Crippen LogP contribution >= 0.6 is 0 Å².